The van der Waals surface area contributed by atoms with Gasteiger partial charge in [0.25, 0.3) is 0 Å². The Balaban J connectivity index is 1.84. The Morgan fingerprint density at radius 2 is 2.17 bits per heavy atom. The molecule has 0 saturated heterocycles. The lowest BCUT2D eigenvalue weighted by Gasteiger charge is -2.26. The van der Waals surface area contributed by atoms with Gasteiger partial charge in [0.05, 0.1) is 0 Å². The fraction of sp³-hybridized carbons (Fsp3) is 0.714. The molecule has 4 heteroatoms. The minimum atomic E-state index is 0.407. The minimum Gasteiger partial charge on any atom is -0.327 e. The molecular formula is C14H23BrN2S. The highest BCUT2D eigenvalue weighted by atomic mass is 79.9. The van der Waals surface area contributed by atoms with Crippen molar-refractivity contribution in [2.45, 2.75) is 44.7 Å². The molecule has 18 heavy (non-hydrogen) atoms. The lowest BCUT2D eigenvalue weighted by molar-refractivity contribution is 0.238. The van der Waals surface area contributed by atoms with Crippen molar-refractivity contribution in [3.8, 4) is 0 Å². The van der Waals surface area contributed by atoms with E-state index in [2.05, 4.69) is 39.3 Å². The third-order valence-electron chi connectivity index (χ3n) is 3.81. The first-order valence-corrected chi connectivity index (χ1v) is 8.49. The van der Waals surface area contributed by atoms with Crippen molar-refractivity contribution in [3.05, 3.63) is 20.8 Å². The van der Waals surface area contributed by atoms with Crippen molar-refractivity contribution in [2.24, 2.45) is 11.7 Å². The van der Waals surface area contributed by atoms with E-state index in [4.69, 9.17) is 5.73 Å². The van der Waals surface area contributed by atoms with Gasteiger partial charge in [-0.1, -0.05) is 19.3 Å². The van der Waals surface area contributed by atoms with Crippen molar-refractivity contribution < 1.29 is 0 Å². The van der Waals surface area contributed by atoms with Gasteiger partial charge in [0, 0.05) is 33.9 Å². The predicted octanol–water partition coefficient (Wildman–Crippen LogP) is 3.85. The van der Waals surface area contributed by atoms with Crippen LogP contribution in [0.1, 0.15) is 37.0 Å². The maximum atomic E-state index is 6.29. The summed E-state index contributed by atoms with van der Waals surface area (Å²) in [7, 11) is 2.21. The topological polar surface area (TPSA) is 29.3 Å². The quantitative estimate of drug-likeness (QED) is 0.849. The average molecular weight is 331 g/mol. The third-order valence-corrected chi connectivity index (χ3v) is 5.49. The zero-order chi connectivity index (χ0) is 13.0. The third kappa shape index (κ3) is 4.34. The van der Waals surface area contributed by atoms with Crippen LogP contribution in [0.5, 0.6) is 0 Å². The van der Waals surface area contributed by atoms with Crippen LogP contribution in [0.15, 0.2) is 15.9 Å². The molecule has 0 aromatic carbocycles. The number of hydrogen-bond acceptors (Lipinski definition) is 3. The highest BCUT2D eigenvalue weighted by molar-refractivity contribution is 9.10. The van der Waals surface area contributed by atoms with Crippen molar-refractivity contribution in [3.63, 3.8) is 0 Å². The maximum absolute atomic E-state index is 6.29. The van der Waals surface area contributed by atoms with Gasteiger partial charge in [-0.2, -0.15) is 0 Å². The highest BCUT2D eigenvalue weighted by Gasteiger charge is 2.21. The summed E-state index contributed by atoms with van der Waals surface area (Å²) in [5.74, 6) is 0.681. The monoisotopic (exact) mass is 330 g/mol. The molecule has 2 N–H and O–H groups in total. The SMILES string of the molecule is CN(Cc1cc(Br)cs1)CC1CCCCCC1N. The second-order valence-electron chi connectivity index (χ2n) is 5.49. The summed E-state index contributed by atoms with van der Waals surface area (Å²) < 4.78 is 1.20. The Labute approximate surface area is 123 Å². The van der Waals surface area contributed by atoms with Gasteiger partial charge in [-0.05, 0) is 47.8 Å². The van der Waals surface area contributed by atoms with Gasteiger partial charge in [0.1, 0.15) is 0 Å². The van der Waals surface area contributed by atoms with Gasteiger partial charge in [0.2, 0.25) is 0 Å². The molecule has 2 unspecified atom stereocenters. The second kappa shape index (κ2) is 7.04. The maximum Gasteiger partial charge on any atom is 0.0325 e. The molecule has 1 heterocycles. The number of halogens is 1. The lowest BCUT2D eigenvalue weighted by Crippen LogP contribution is -2.37. The smallest absolute Gasteiger partial charge is 0.0325 e. The van der Waals surface area contributed by atoms with E-state index in [1.807, 2.05) is 11.3 Å². The van der Waals surface area contributed by atoms with Crippen LogP contribution >= 0.6 is 27.3 Å². The Morgan fingerprint density at radius 3 is 2.89 bits per heavy atom. The highest BCUT2D eigenvalue weighted by Crippen LogP contribution is 2.25. The summed E-state index contributed by atoms with van der Waals surface area (Å²) in [5.41, 5.74) is 6.29. The van der Waals surface area contributed by atoms with Gasteiger partial charge >= 0.3 is 0 Å². The Hall–Kier alpha value is 0.1000. The van der Waals surface area contributed by atoms with Crippen LogP contribution in [0.3, 0.4) is 0 Å². The Kier molecular flexibility index (Phi) is 5.67. The molecule has 2 nitrogen and oxygen atoms in total. The number of nitrogens with zero attached hydrogens (tertiary/aromatic N) is 1. The molecular weight excluding hydrogens is 308 g/mol. The van der Waals surface area contributed by atoms with Crippen LogP contribution in [0.25, 0.3) is 0 Å². The largest absolute Gasteiger partial charge is 0.327 e. The molecule has 0 spiro atoms. The summed E-state index contributed by atoms with van der Waals surface area (Å²) in [5, 5.41) is 2.15. The van der Waals surface area contributed by atoms with E-state index in [9.17, 15) is 0 Å². The van der Waals surface area contributed by atoms with E-state index in [0.717, 1.165) is 13.1 Å². The average Bonchev–Trinajstić information content (AvgIpc) is 2.61. The van der Waals surface area contributed by atoms with Crippen LogP contribution in [0.4, 0.5) is 0 Å². The molecule has 1 fully saturated rings. The summed E-state index contributed by atoms with van der Waals surface area (Å²) in [4.78, 5) is 3.85. The van der Waals surface area contributed by atoms with Gasteiger partial charge in [-0.25, -0.2) is 0 Å². The fourth-order valence-corrected chi connectivity index (χ4v) is 4.34. The number of hydrogen-bond donors (Lipinski definition) is 1. The second-order valence-corrected chi connectivity index (χ2v) is 7.40. The molecule has 1 aliphatic carbocycles. The summed E-state index contributed by atoms with van der Waals surface area (Å²) in [6.45, 7) is 2.18. The Morgan fingerprint density at radius 1 is 1.39 bits per heavy atom. The zero-order valence-corrected chi connectivity index (χ0v) is 13.5. The van der Waals surface area contributed by atoms with Crippen LogP contribution in [-0.2, 0) is 6.54 Å². The molecule has 2 rings (SSSR count). The summed E-state index contributed by atoms with van der Waals surface area (Å²) in [6, 6.07) is 2.62. The molecule has 1 aromatic rings. The lowest BCUT2D eigenvalue weighted by atomic mass is 9.95. The first-order chi connectivity index (χ1) is 8.65. The van der Waals surface area contributed by atoms with Crippen molar-refractivity contribution >= 4 is 27.3 Å². The van der Waals surface area contributed by atoms with E-state index in [-0.39, 0.29) is 0 Å². The van der Waals surface area contributed by atoms with Gasteiger partial charge in [0.15, 0.2) is 0 Å². The molecule has 0 bridgehead atoms. The number of rotatable bonds is 4. The van der Waals surface area contributed by atoms with E-state index in [0.29, 0.717) is 12.0 Å². The predicted molar refractivity (Wildman–Crippen MR) is 82.9 cm³/mol. The number of nitrogens with two attached hydrogens (primary N) is 1. The first-order valence-electron chi connectivity index (χ1n) is 6.82. The van der Waals surface area contributed by atoms with Gasteiger partial charge in [-0.3, -0.25) is 0 Å². The van der Waals surface area contributed by atoms with Gasteiger partial charge < -0.3 is 10.6 Å². The van der Waals surface area contributed by atoms with Crippen molar-refractivity contribution in [1.29, 1.82) is 0 Å². The molecule has 1 aliphatic rings. The van der Waals surface area contributed by atoms with Crippen LogP contribution < -0.4 is 5.73 Å². The molecule has 0 aliphatic heterocycles. The van der Waals surface area contributed by atoms with E-state index < -0.39 is 0 Å². The van der Waals surface area contributed by atoms with E-state index >= 15 is 0 Å². The normalized spacial score (nSPS) is 25.3. The molecule has 1 aromatic heterocycles. The fourth-order valence-electron chi connectivity index (χ4n) is 2.81. The van der Waals surface area contributed by atoms with Crippen molar-refractivity contribution in [2.75, 3.05) is 13.6 Å². The number of thiophene rings is 1. The van der Waals surface area contributed by atoms with E-state index in [1.54, 1.807) is 0 Å². The van der Waals surface area contributed by atoms with Crippen LogP contribution in [0.2, 0.25) is 0 Å². The standard InChI is InChI=1S/C14H23BrN2S/c1-17(9-13-7-12(15)10-18-13)8-11-5-3-2-4-6-14(11)16/h7,10-11,14H,2-6,8-9,16H2,1H3. The molecule has 1 saturated carbocycles. The minimum absolute atomic E-state index is 0.407. The van der Waals surface area contributed by atoms with Crippen LogP contribution in [0, 0.1) is 5.92 Å². The van der Waals surface area contributed by atoms with Crippen molar-refractivity contribution in [1.82, 2.24) is 4.90 Å². The zero-order valence-electron chi connectivity index (χ0n) is 11.1. The molecule has 0 radical (unpaired) electrons. The van der Waals surface area contributed by atoms with E-state index in [1.165, 1.54) is 41.5 Å². The van der Waals surface area contributed by atoms with Gasteiger partial charge in [-0.15, -0.1) is 11.3 Å². The first kappa shape index (κ1) is 14.5. The van der Waals surface area contributed by atoms with Crippen LogP contribution in [-0.4, -0.2) is 24.5 Å². The Bertz CT molecular complexity index is 366. The molecule has 2 atom stereocenters. The summed E-state index contributed by atoms with van der Waals surface area (Å²) >= 11 is 5.34. The molecule has 102 valence electrons. The summed E-state index contributed by atoms with van der Waals surface area (Å²) in [6.07, 6.45) is 6.56. The molecule has 0 amide bonds.